The van der Waals surface area contributed by atoms with Crippen LogP contribution < -0.4 is 4.90 Å². The van der Waals surface area contributed by atoms with Gasteiger partial charge < -0.3 is 14.7 Å². The highest BCUT2D eigenvalue weighted by Gasteiger charge is 2.37. The van der Waals surface area contributed by atoms with E-state index in [2.05, 4.69) is 4.90 Å². The van der Waals surface area contributed by atoms with Crippen molar-refractivity contribution < 1.29 is 14.0 Å². The van der Waals surface area contributed by atoms with Gasteiger partial charge in [0.2, 0.25) is 5.91 Å². The predicted molar refractivity (Wildman–Crippen MR) is 111 cm³/mol. The molecule has 7 heteroatoms. The van der Waals surface area contributed by atoms with E-state index >= 15 is 0 Å². The van der Waals surface area contributed by atoms with E-state index in [0.717, 1.165) is 12.1 Å². The van der Waals surface area contributed by atoms with Gasteiger partial charge in [0.1, 0.15) is 11.9 Å². The highest BCUT2D eigenvalue weighted by atomic mass is 35.5. The minimum absolute atomic E-state index is 0.00299. The van der Waals surface area contributed by atoms with Crippen LogP contribution in [-0.4, -0.2) is 60.4 Å². The van der Waals surface area contributed by atoms with Crippen molar-refractivity contribution in [2.24, 2.45) is 0 Å². The topological polar surface area (TPSA) is 43.9 Å². The molecule has 0 saturated carbocycles. The summed E-state index contributed by atoms with van der Waals surface area (Å²) >= 11 is 6.29. The van der Waals surface area contributed by atoms with Crippen LogP contribution in [0.25, 0.3) is 0 Å². The third kappa shape index (κ3) is 4.08. The molecular weight excluding hydrogens is 393 g/mol. The number of piperazine rings is 1. The van der Waals surface area contributed by atoms with E-state index in [9.17, 15) is 14.0 Å². The van der Waals surface area contributed by atoms with Gasteiger partial charge in [0.15, 0.2) is 0 Å². The van der Waals surface area contributed by atoms with Gasteiger partial charge in [0, 0.05) is 38.3 Å². The number of hydrogen-bond donors (Lipinski definition) is 0. The van der Waals surface area contributed by atoms with E-state index < -0.39 is 6.04 Å². The Morgan fingerprint density at radius 2 is 1.62 bits per heavy atom. The minimum atomic E-state index is -0.445. The molecule has 2 aliphatic heterocycles. The zero-order chi connectivity index (χ0) is 20.4. The molecule has 2 aromatic rings. The summed E-state index contributed by atoms with van der Waals surface area (Å²) in [5.74, 6) is -0.598. The third-order valence-electron chi connectivity index (χ3n) is 5.67. The number of nitrogens with zero attached hydrogens (tertiary/aromatic N) is 3. The molecule has 4 rings (SSSR count). The van der Waals surface area contributed by atoms with Crippen molar-refractivity contribution in [1.82, 2.24) is 9.80 Å². The quantitative estimate of drug-likeness (QED) is 0.771. The van der Waals surface area contributed by atoms with Crippen LogP contribution in [0.3, 0.4) is 0 Å². The first-order chi connectivity index (χ1) is 14.0. The van der Waals surface area contributed by atoms with E-state index in [0.29, 0.717) is 49.7 Å². The van der Waals surface area contributed by atoms with Crippen LogP contribution in [0.5, 0.6) is 0 Å². The molecular formula is C22H23ClFN3O2. The van der Waals surface area contributed by atoms with Crippen LogP contribution in [-0.2, 0) is 4.79 Å². The molecule has 2 amide bonds. The lowest BCUT2D eigenvalue weighted by Gasteiger charge is -2.38. The second-order valence-electron chi connectivity index (χ2n) is 7.43. The number of likely N-dealkylation sites (tertiary alicyclic amines) is 1. The highest BCUT2D eigenvalue weighted by molar-refractivity contribution is 6.33. The Morgan fingerprint density at radius 1 is 0.931 bits per heavy atom. The lowest BCUT2D eigenvalue weighted by Crippen LogP contribution is -2.54. The lowest BCUT2D eigenvalue weighted by molar-refractivity contribution is -0.135. The van der Waals surface area contributed by atoms with Gasteiger partial charge in [-0.25, -0.2) is 4.39 Å². The van der Waals surface area contributed by atoms with Gasteiger partial charge in [0.25, 0.3) is 5.91 Å². The number of amides is 2. The molecule has 0 unspecified atom stereocenters. The van der Waals surface area contributed by atoms with Gasteiger partial charge in [-0.05, 0) is 49.2 Å². The van der Waals surface area contributed by atoms with Crippen LogP contribution in [0, 0.1) is 5.82 Å². The van der Waals surface area contributed by atoms with E-state index in [1.165, 1.54) is 24.3 Å². The zero-order valence-electron chi connectivity index (χ0n) is 16.1. The molecule has 5 nitrogen and oxygen atoms in total. The summed E-state index contributed by atoms with van der Waals surface area (Å²) in [4.78, 5) is 31.6. The number of rotatable bonds is 3. The number of halogens is 2. The average Bonchev–Trinajstić information content (AvgIpc) is 3.24. The monoisotopic (exact) mass is 415 g/mol. The van der Waals surface area contributed by atoms with E-state index in [-0.39, 0.29) is 17.6 Å². The number of hydrogen-bond acceptors (Lipinski definition) is 3. The van der Waals surface area contributed by atoms with Crippen molar-refractivity contribution in [3.8, 4) is 0 Å². The first-order valence-electron chi connectivity index (χ1n) is 9.89. The first kappa shape index (κ1) is 19.7. The van der Waals surface area contributed by atoms with Crippen molar-refractivity contribution in [1.29, 1.82) is 0 Å². The number of benzene rings is 2. The Hall–Kier alpha value is -2.60. The van der Waals surface area contributed by atoms with Crippen molar-refractivity contribution in [2.45, 2.75) is 18.9 Å². The normalized spacial score (nSPS) is 19.5. The molecule has 0 radical (unpaired) electrons. The summed E-state index contributed by atoms with van der Waals surface area (Å²) in [5.41, 5.74) is 1.39. The smallest absolute Gasteiger partial charge is 0.254 e. The molecule has 29 heavy (non-hydrogen) atoms. The van der Waals surface area contributed by atoms with Gasteiger partial charge >= 0.3 is 0 Å². The second-order valence-corrected chi connectivity index (χ2v) is 7.83. The third-order valence-corrected chi connectivity index (χ3v) is 5.99. The Kier molecular flexibility index (Phi) is 5.72. The Bertz CT molecular complexity index is 897. The van der Waals surface area contributed by atoms with Gasteiger partial charge in [-0.1, -0.05) is 23.7 Å². The van der Waals surface area contributed by atoms with E-state index in [1.807, 2.05) is 29.2 Å². The molecule has 2 aromatic carbocycles. The fraction of sp³-hybridized carbons (Fsp3) is 0.364. The van der Waals surface area contributed by atoms with Crippen LogP contribution in [0.15, 0.2) is 48.5 Å². The Morgan fingerprint density at radius 3 is 2.31 bits per heavy atom. The van der Waals surface area contributed by atoms with Crippen LogP contribution in [0.2, 0.25) is 5.02 Å². The summed E-state index contributed by atoms with van der Waals surface area (Å²) < 4.78 is 13.2. The molecule has 2 fully saturated rings. The Labute approximate surface area is 174 Å². The summed E-state index contributed by atoms with van der Waals surface area (Å²) in [6.07, 6.45) is 1.46. The minimum Gasteiger partial charge on any atom is -0.367 e. The molecule has 2 saturated heterocycles. The maximum atomic E-state index is 13.2. The number of carbonyl (C=O) groups excluding carboxylic acids is 2. The van der Waals surface area contributed by atoms with Gasteiger partial charge in [-0.3, -0.25) is 9.59 Å². The van der Waals surface area contributed by atoms with Crippen LogP contribution >= 0.6 is 11.6 Å². The number of anilines is 1. The van der Waals surface area contributed by atoms with Crippen LogP contribution in [0.1, 0.15) is 23.2 Å². The molecule has 0 bridgehead atoms. The largest absolute Gasteiger partial charge is 0.367 e. The Balaban J connectivity index is 1.41. The SMILES string of the molecule is O=C([C@@H]1CCCN1C(=O)c1ccc(F)cc1)N1CCN(c2ccccc2Cl)CC1. The van der Waals surface area contributed by atoms with E-state index in [4.69, 9.17) is 11.6 Å². The van der Waals surface area contributed by atoms with Gasteiger partial charge in [-0.2, -0.15) is 0 Å². The van der Waals surface area contributed by atoms with Crippen molar-refractivity contribution in [3.63, 3.8) is 0 Å². The van der Waals surface area contributed by atoms with Gasteiger partial charge in [-0.15, -0.1) is 0 Å². The maximum absolute atomic E-state index is 13.2. The number of carbonyl (C=O) groups is 2. The second kappa shape index (κ2) is 8.41. The molecule has 0 N–H and O–H groups in total. The van der Waals surface area contributed by atoms with Crippen molar-refractivity contribution in [2.75, 3.05) is 37.6 Å². The summed E-state index contributed by atoms with van der Waals surface area (Å²) in [7, 11) is 0. The van der Waals surface area contributed by atoms with Crippen molar-refractivity contribution >= 4 is 29.1 Å². The van der Waals surface area contributed by atoms with Crippen LogP contribution in [0.4, 0.5) is 10.1 Å². The van der Waals surface area contributed by atoms with Crippen molar-refractivity contribution in [3.05, 3.63) is 64.9 Å². The molecule has 152 valence electrons. The summed E-state index contributed by atoms with van der Waals surface area (Å²) in [5, 5.41) is 0.708. The summed E-state index contributed by atoms with van der Waals surface area (Å²) in [6, 6.07) is 12.8. The molecule has 0 spiro atoms. The molecule has 0 aromatic heterocycles. The van der Waals surface area contributed by atoms with Gasteiger partial charge in [0.05, 0.1) is 10.7 Å². The number of para-hydroxylation sites is 1. The standard InChI is InChI=1S/C22H23ClFN3O2/c23-18-4-1-2-5-19(18)25-12-14-26(15-13-25)22(29)20-6-3-11-27(20)21(28)16-7-9-17(24)10-8-16/h1-2,4-5,7-10,20H,3,6,11-15H2/t20-/m0/s1. The fourth-order valence-electron chi connectivity index (χ4n) is 4.11. The fourth-order valence-corrected chi connectivity index (χ4v) is 4.37. The summed E-state index contributed by atoms with van der Waals surface area (Å²) in [6.45, 7) is 3.15. The maximum Gasteiger partial charge on any atom is 0.254 e. The van der Waals surface area contributed by atoms with E-state index in [1.54, 1.807) is 4.90 Å². The molecule has 0 aliphatic carbocycles. The first-order valence-corrected chi connectivity index (χ1v) is 10.3. The highest BCUT2D eigenvalue weighted by Crippen LogP contribution is 2.27. The lowest BCUT2D eigenvalue weighted by atomic mass is 10.1. The molecule has 2 aliphatic rings. The predicted octanol–water partition coefficient (Wildman–Crippen LogP) is 3.43. The zero-order valence-corrected chi connectivity index (χ0v) is 16.8. The molecule has 1 atom stereocenters. The average molecular weight is 416 g/mol. The molecule has 2 heterocycles.